The summed E-state index contributed by atoms with van der Waals surface area (Å²) >= 11 is 0. The molecule has 0 rings (SSSR count). The molecular formula is C14H24O. The summed E-state index contributed by atoms with van der Waals surface area (Å²) in [4.78, 5) is 11.4. The summed E-state index contributed by atoms with van der Waals surface area (Å²) < 4.78 is 0. The zero-order valence-corrected chi connectivity index (χ0v) is 10.6. The molecule has 0 N–H and O–H groups in total. The normalized spacial score (nSPS) is 11.3. The third-order valence-corrected chi connectivity index (χ3v) is 2.28. The van der Waals surface area contributed by atoms with Crippen molar-refractivity contribution in [2.45, 2.75) is 59.8 Å². The van der Waals surface area contributed by atoms with Gasteiger partial charge >= 0.3 is 0 Å². The first-order valence-corrected chi connectivity index (χ1v) is 5.89. The minimum atomic E-state index is 0.284. The smallest absolute Gasteiger partial charge is 0.155 e. The van der Waals surface area contributed by atoms with Crippen molar-refractivity contribution >= 4 is 5.78 Å². The van der Waals surface area contributed by atoms with Crippen LogP contribution in [0.25, 0.3) is 0 Å². The fourth-order valence-corrected chi connectivity index (χ4v) is 1.36. The van der Waals surface area contributed by atoms with Gasteiger partial charge in [-0.05, 0) is 46.1 Å². The number of carbonyl (C=O) groups is 1. The van der Waals surface area contributed by atoms with Crippen LogP contribution < -0.4 is 0 Å². The van der Waals surface area contributed by atoms with Crippen LogP contribution in [0.5, 0.6) is 0 Å². The van der Waals surface area contributed by atoms with Gasteiger partial charge in [-0.2, -0.15) is 0 Å². The van der Waals surface area contributed by atoms with Crippen molar-refractivity contribution in [3.05, 3.63) is 23.3 Å². The maximum absolute atomic E-state index is 11.4. The summed E-state index contributed by atoms with van der Waals surface area (Å²) in [6, 6.07) is 0. The van der Waals surface area contributed by atoms with Crippen LogP contribution >= 0.6 is 0 Å². The largest absolute Gasteiger partial charge is 0.295 e. The van der Waals surface area contributed by atoms with Crippen LogP contribution in [0.1, 0.15) is 59.8 Å². The summed E-state index contributed by atoms with van der Waals surface area (Å²) in [6.07, 6.45) is 8.89. The average molecular weight is 208 g/mol. The Morgan fingerprint density at radius 3 is 2.33 bits per heavy atom. The second-order valence-corrected chi connectivity index (χ2v) is 4.38. The van der Waals surface area contributed by atoms with Gasteiger partial charge in [-0.1, -0.05) is 30.6 Å². The topological polar surface area (TPSA) is 17.1 Å². The Morgan fingerprint density at radius 1 is 1.13 bits per heavy atom. The second kappa shape index (κ2) is 8.46. The minimum Gasteiger partial charge on any atom is -0.295 e. The molecule has 0 atom stereocenters. The maximum Gasteiger partial charge on any atom is 0.155 e. The highest BCUT2D eigenvalue weighted by atomic mass is 16.1. The van der Waals surface area contributed by atoms with Crippen LogP contribution in [-0.4, -0.2) is 5.78 Å². The lowest BCUT2D eigenvalue weighted by Crippen LogP contribution is -1.93. The zero-order valence-electron chi connectivity index (χ0n) is 10.6. The summed E-state index contributed by atoms with van der Waals surface area (Å²) in [5.74, 6) is 0.284. The van der Waals surface area contributed by atoms with Crippen LogP contribution in [0.4, 0.5) is 0 Å². The maximum atomic E-state index is 11.4. The Balaban J connectivity index is 3.87. The van der Waals surface area contributed by atoms with E-state index >= 15 is 0 Å². The molecule has 1 heteroatoms. The molecule has 86 valence electrons. The van der Waals surface area contributed by atoms with E-state index in [9.17, 15) is 4.79 Å². The van der Waals surface area contributed by atoms with Gasteiger partial charge in [0.25, 0.3) is 0 Å². The average Bonchev–Trinajstić information content (AvgIpc) is 2.14. The molecule has 0 heterocycles. The lowest BCUT2D eigenvalue weighted by Gasteiger charge is -1.99. The Morgan fingerprint density at radius 2 is 1.80 bits per heavy atom. The van der Waals surface area contributed by atoms with Crippen LogP contribution in [-0.2, 0) is 4.79 Å². The lowest BCUT2D eigenvalue weighted by atomic mass is 10.1. The fourth-order valence-electron chi connectivity index (χ4n) is 1.36. The molecule has 0 aromatic carbocycles. The van der Waals surface area contributed by atoms with E-state index in [0.717, 1.165) is 25.7 Å². The molecule has 0 unspecified atom stereocenters. The molecule has 0 aliphatic rings. The third-order valence-electron chi connectivity index (χ3n) is 2.28. The SMILES string of the molecule is CCCCC(=O)/C=C(\C)CCC=C(C)C. The molecular weight excluding hydrogens is 184 g/mol. The third kappa shape index (κ3) is 9.45. The van der Waals surface area contributed by atoms with Crippen LogP contribution in [0, 0.1) is 0 Å². The number of hydrogen-bond acceptors (Lipinski definition) is 1. The zero-order chi connectivity index (χ0) is 11.7. The molecule has 0 aromatic heterocycles. The highest BCUT2D eigenvalue weighted by Gasteiger charge is 1.97. The Hall–Kier alpha value is -0.850. The van der Waals surface area contributed by atoms with E-state index in [-0.39, 0.29) is 5.78 Å². The number of hydrogen-bond donors (Lipinski definition) is 0. The fraction of sp³-hybridized carbons (Fsp3) is 0.643. The Labute approximate surface area is 94.3 Å². The van der Waals surface area contributed by atoms with Crippen molar-refractivity contribution in [3.8, 4) is 0 Å². The lowest BCUT2D eigenvalue weighted by molar-refractivity contribution is -0.114. The van der Waals surface area contributed by atoms with E-state index in [2.05, 4.69) is 26.8 Å². The van der Waals surface area contributed by atoms with E-state index in [1.165, 1.54) is 11.1 Å². The van der Waals surface area contributed by atoms with Gasteiger partial charge in [-0.15, -0.1) is 0 Å². The van der Waals surface area contributed by atoms with Crippen molar-refractivity contribution in [3.63, 3.8) is 0 Å². The van der Waals surface area contributed by atoms with Gasteiger partial charge in [0.2, 0.25) is 0 Å². The summed E-state index contributed by atoms with van der Waals surface area (Å²) in [7, 11) is 0. The second-order valence-electron chi connectivity index (χ2n) is 4.38. The van der Waals surface area contributed by atoms with E-state index in [1.54, 1.807) is 0 Å². The molecule has 0 amide bonds. The van der Waals surface area contributed by atoms with Crippen molar-refractivity contribution in [1.82, 2.24) is 0 Å². The summed E-state index contributed by atoms with van der Waals surface area (Å²) in [6.45, 7) is 8.36. The van der Waals surface area contributed by atoms with Gasteiger partial charge in [-0.3, -0.25) is 4.79 Å². The molecule has 0 fully saturated rings. The monoisotopic (exact) mass is 208 g/mol. The van der Waals surface area contributed by atoms with Gasteiger partial charge in [0, 0.05) is 6.42 Å². The van der Waals surface area contributed by atoms with E-state index in [4.69, 9.17) is 0 Å². The summed E-state index contributed by atoms with van der Waals surface area (Å²) in [5, 5.41) is 0. The minimum absolute atomic E-state index is 0.284. The number of carbonyl (C=O) groups excluding carboxylic acids is 1. The van der Waals surface area contributed by atoms with Gasteiger partial charge in [0.15, 0.2) is 5.78 Å². The molecule has 0 saturated carbocycles. The highest BCUT2D eigenvalue weighted by molar-refractivity contribution is 5.90. The van der Waals surface area contributed by atoms with Crippen LogP contribution in [0.2, 0.25) is 0 Å². The number of ketones is 1. The Bertz CT molecular complexity index is 242. The van der Waals surface area contributed by atoms with Crippen molar-refractivity contribution < 1.29 is 4.79 Å². The number of allylic oxidation sites excluding steroid dienone is 4. The van der Waals surface area contributed by atoms with Gasteiger partial charge in [0.05, 0.1) is 0 Å². The van der Waals surface area contributed by atoms with Crippen molar-refractivity contribution in [2.75, 3.05) is 0 Å². The molecule has 0 spiro atoms. The number of rotatable bonds is 7. The highest BCUT2D eigenvalue weighted by Crippen LogP contribution is 2.08. The molecule has 0 aliphatic heterocycles. The van der Waals surface area contributed by atoms with E-state index in [1.807, 2.05) is 13.0 Å². The van der Waals surface area contributed by atoms with Crippen LogP contribution in [0.3, 0.4) is 0 Å². The van der Waals surface area contributed by atoms with Gasteiger partial charge < -0.3 is 0 Å². The number of unbranched alkanes of at least 4 members (excludes halogenated alkanes) is 1. The Kier molecular flexibility index (Phi) is 7.98. The molecule has 0 saturated heterocycles. The van der Waals surface area contributed by atoms with E-state index in [0.29, 0.717) is 6.42 Å². The van der Waals surface area contributed by atoms with Crippen LogP contribution in [0.15, 0.2) is 23.3 Å². The first-order chi connectivity index (χ1) is 7.06. The first kappa shape index (κ1) is 14.2. The van der Waals surface area contributed by atoms with Gasteiger partial charge in [-0.25, -0.2) is 0 Å². The van der Waals surface area contributed by atoms with Gasteiger partial charge in [0.1, 0.15) is 0 Å². The van der Waals surface area contributed by atoms with E-state index < -0.39 is 0 Å². The quantitative estimate of drug-likeness (QED) is 0.446. The van der Waals surface area contributed by atoms with Crippen molar-refractivity contribution in [2.24, 2.45) is 0 Å². The predicted molar refractivity (Wildman–Crippen MR) is 67.0 cm³/mol. The molecule has 0 aromatic rings. The first-order valence-electron chi connectivity index (χ1n) is 5.89. The standard InChI is InChI=1S/C14H24O/c1-5-6-10-14(15)11-13(4)9-7-8-12(2)3/h8,11H,5-7,9-10H2,1-4H3/b13-11+. The van der Waals surface area contributed by atoms with Crippen molar-refractivity contribution in [1.29, 1.82) is 0 Å². The summed E-state index contributed by atoms with van der Waals surface area (Å²) in [5.41, 5.74) is 2.55. The molecule has 0 aliphatic carbocycles. The predicted octanol–water partition coefficient (Wildman–Crippen LogP) is 4.44. The molecule has 1 nitrogen and oxygen atoms in total. The molecule has 15 heavy (non-hydrogen) atoms. The molecule has 0 radical (unpaired) electrons. The molecule has 0 bridgehead atoms.